The minimum absolute atomic E-state index is 0.0723. The fourth-order valence-corrected chi connectivity index (χ4v) is 13.4. The molecule has 2 heteroatoms. The highest BCUT2D eigenvalue weighted by Gasteiger charge is 2.52. The van der Waals surface area contributed by atoms with E-state index in [2.05, 4.69) is 222 Å². The quantitative estimate of drug-likeness (QED) is 0.171. The number of thiophene rings is 1. The molecule has 0 radical (unpaired) electrons. The summed E-state index contributed by atoms with van der Waals surface area (Å²) >= 11 is 1.89. The molecule has 0 atom stereocenters. The third-order valence-electron chi connectivity index (χ3n) is 15.1. The van der Waals surface area contributed by atoms with Gasteiger partial charge in [-0.05, 0) is 133 Å². The van der Waals surface area contributed by atoms with Crippen molar-refractivity contribution in [3.05, 3.63) is 232 Å². The van der Waals surface area contributed by atoms with Crippen LogP contribution in [0.5, 0.6) is 0 Å². The van der Waals surface area contributed by atoms with Crippen LogP contribution >= 0.6 is 11.3 Å². The third kappa shape index (κ3) is 5.01. The van der Waals surface area contributed by atoms with Crippen molar-refractivity contribution in [2.75, 3.05) is 4.90 Å². The maximum Gasteiger partial charge on any atom is 0.0726 e. The summed E-state index contributed by atoms with van der Waals surface area (Å²) in [6.45, 7) is 11.9. The van der Waals surface area contributed by atoms with Gasteiger partial charge in [0.15, 0.2) is 0 Å². The first kappa shape index (κ1) is 37.8. The Labute approximate surface area is 380 Å². The highest BCUT2D eigenvalue weighted by molar-refractivity contribution is 7.26. The third-order valence-corrected chi connectivity index (χ3v) is 16.3. The van der Waals surface area contributed by atoms with Gasteiger partial charge < -0.3 is 4.90 Å². The molecular weight excluding hydrogens is 791 g/mol. The van der Waals surface area contributed by atoms with Crippen LogP contribution in [-0.2, 0) is 16.2 Å². The monoisotopic (exact) mass is 839 g/mol. The van der Waals surface area contributed by atoms with Gasteiger partial charge in [0, 0.05) is 36.8 Å². The molecule has 4 aliphatic carbocycles. The normalized spacial score (nSPS) is 16.0. The van der Waals surface area contributed by atoms with E-state index in [0.717, 1.165) is 12.8 Å². The Hall–Kier alpha value is -6.74. The molecule has 0 saturated heterocycles. The molecule has 0 fully saturated rings. The lowest BCUT2D eigenvalue weighted by molar-refractivity contribution is 0.584. The molecule has 0 saturated carbocycles. The molecule has 308 valence electrons. The Kier molecular flexibility index (Phi) is 7.91. The molecule has 8 aromatic carbocycles. The van der Waals surface area contributed by atoms with E-state index in [1.54, 1.807) is 0 Å². The first-order valence-corrected chi connectivity index (χ1v) is 23.8. The molecule has 1 heterocycles. The molecule has 13 rings (SSSR count). The number of nitrogens with zero attached hydrogens (tertiary/aromatic N) is 1. The van der Waals surface area contributed by atoms with Crippen molar-refractivity contribution in [2.45, 2.75) is 63.7 Å². The van der Waals surface area contributed by atoms with Crippen LogP contribution in [0.4, 0.5) is 17.1 Å². The fraction of sp³-hybridized carbons (Fsp3) is 0.161. The molecule has 1 spiro atoms. The van der Waals surface area contributed by atoms with Crippen LogP contribution in [0.1, 0.15) is 92.0 Å². The maximum atomic E-state index is 2.62. The summed E-state index contributed by atoms with van der Waals surface area (Å²) in [5.74, 6) is 0. The Morgan fingerprint density at radius 2 is 1.08 bits per heavy atom. The molecule has 0 aliphatic heterocycles. The van der Waals surface area contributed by atoms with Gasteiger partial charge in [0.25, 0.3) is 0 Å². The summed E-state index contributed by atoms with van der Waals surface area (Å²) in [4.78, 5) is 2.62. The fourth-order valence-electron chi connectivity index (χ4n) is 12.3. The summed E-state index contributed by atoms with van der Waals surface area (Å²) in [6.07, 6.45) is 4.56. The molecule has 4 aliphatic rings. The zero-order valence-electron chi connectivity index (χ0n) is 37.1. The largest absolute Gasteiger partial charge is 0.309 e. The van der Waals surface area contributed by atoms with Gasteiger partial charge in [0.1, 0.15) is 0 Å². The first-order chi connectivity index (χ1) is 31.2. The van der Waals surface area contributed by atoms with Gasteiger partial charge in [0.05, 0.1) is 16.8 Å². The van der Waals surface area contributed by atoms with E-state index in [4.69, 9.17) is 0 Å². The zero-order valence-corrected chi connectivity index (χ0v) is 37.9. The lowest BCUT2D eigenvalue weighted by Gasteiger charge is -2.33. The van der Waals surface area contributed by atoms with E-state index in [1.165, 1.54) is 121 Å². The number of anilines is 3. The van der Waals surface area contributed by atoms with Gasteiger partial charge in [-0.2, -0.15) is 0 Å². The average molecular weight is 840 g/mol. The van der Waals surface area contributed by atoms with Crippen LogP contribution in [-0.4, -0.2) is 0 Å². The molecule has 0 unspecified atom stereocenters. The Morgan fingerprint density at radius 3 is 1.78 bits per heavy atom. The zero-order chi connectivity index (χ0) is 43.1. The summed E-state index contributed by atoms with van der Waals surface area (Å²) in [7, 11) is 0. The minimum Gasteiger partial charge on any atom is -0.309 e. The van der Waals surface area contributed by atoms with Crippen LogP contribution in [0.2, 0.25) is 0 Å². The van der Waals surface area contributed by atoms with Gasteiger partial charge in [0.2, 0.25) is 0 Å². The van der Waals surface area contributed by atoms with Gasteiger partial charge in [-0.3, -0.25) is 0 Å². The van der Waals surface area contributed by atoms with Crippen LogP contribution in [0.3, 0.4) is 0 Å². The molecule has 0 N–H and O–H groups in total. The second-order valence-corrected chi connectivity index (χ2v) is 20.9. The van der Waals surface area contributed by atoms with Gasteiger partial charge in [-0.1, -0.05) is 180 Å². The lowest BCUT2D eigenvalue weighted by Crippen LogP contribution is -2.26. The Balaban J connectivity index is 1.11. The summed E-state index contributed by atoms with van der Waals surface area (Å²) in [5.41, 5.74) is 23.7. The van der Waals surface area contributed by atoms with Crippen LogP contribution in [0, 0.1) is 0 Å². The lowest BCUT2D eigenvalue weighted by atomic mass is 9.70. The number of allylic oxidation sites excluding steroid dienone is 4. The smallest absolute Gasteiger partial charge is 0.0726 e. The topological polar surface area (TPSA) is 3.24 Å². The SMILES string of the molecule is CC(C)(C)c1ccc2c(c1)C(C)(C)C1=CCCC(c3ccccc3N(c3ccc4c(c3)C3(c5ccccc5-c5ccccc53)c3ccccc3-4)c3cccc4sc5ccccc5c34)=C12. The van der Waals surface area contributed by atoms with Crippen molar-refractivity contribution in [3.63, 3.8) is 0 Å². The average Bonchev–Trinajstić information content (AvgIpc) is 4.01. The van der Waals surface area contributed by atoms with E-state index in [9.17, 15) is 0 Å². The van der Waals surface area contributed by atoms with Gasteiger partial charge >= 0.3 is 0 Å². The van der Waals surface area contributed by atoms with Crippen LogP contribution < -0.4 is 4.90 Å². The molecule has 0 amide bonds. The highest BCUT2D eigenvalue weighted by Crippen LogP contribution is 2.64. The molecule has 0 bridgehead atoms. The van der Waals surface area contributed by atoms with Crippen LogP contribution in [0.25, 0.3) is 53.6 Å². The van der Waals surface area contributed by atoms with Crippen molar-refractivity contribution in [3.8, 4) is 22.3 Å². The summed E-state index contributed by atoms with van der Waals surface area (Å²) in [6, 6.07) is 67.4. The number of para-hydroxylation sites is 1. The molecule has 1 nitrogen and oxygen atoms in total. The standard InChI is InChI=1S/C62H49NS/c1-60(2,3)38-32-34-46-52(36-38)61(4,5)51-27-16-23-45(58(46)51)44-21-9-14-28-54(44)63(55-29-17-31-57-59(55)47-22-10-15-30-56(47)64-57)39-33-35-43-42-20-8-13-26-50(42)62(53(43)37-39)48-24-11-6-18-40(48)41-19-7-12-25-49(41)62/h6-15,17-22,24-37H,16,23H2,1-5H3. The summed E-state index contributed by atoms with van der Waals surface area (Å²) < 4.78 is 2.61. The maximum absolute atomic E-state index is 2.62. The predicted molar refractivity (Wildman–Crippen MR) is 273 cm³/mol. The van der Waals surface area contributed by atoms with Crippen molar-refractivity contribution in [1.82, 2.24) is 0 Å². The van der Waals surface area contributed by atoms with E-state index in [0.29, 0.717) is 0 Å². The van der Waals surface area contributed by atoms with Crippen molar-refractivity contribution in [1.29, 1.82) is 0 Å². The van der Waals surface area contributed by atoms with E-state index < -0.39 is 5.41 Å². The number of fused-ring (bicyclic) bond motifs is 16. The van der Waals surface area contributed by atoms with E-state index >= 15 is 0 Å². The summed E-state index contributed by atoms with van der Waals surface area (Å²) in [5, 5.41) is 2.60. The van der Waals surface area contributed by atoms with Gasteiger partial charge in [-0.15, -0.1) is 11.3 Å². The number of hydrogen-bond donors (Lipinski definition) is 0. The van der Waals surface area contributed by atoms with Crippen molar-refractivity contribution >= 4 is 59.7 Å². The number of hydrogen-bond acceptors (Lipinski definition) is 2. The molecular formula is C62H49NS. The molecule has 9 aromatic rings. The van der Waals surface area contributed by atoms with Crippen molar-refractivity contribution in [2.24, 2.45) is 0 Å². The van der Waals surface area contributed by atoms with E-state index in [-0.39, 0.29) is 10.8 Å². The number of rotatable bonds is 4. The minimum atomic E-state index is -0.444. The predicted octanol–water partition coefficient (Wildman–Crippen LogP) is 17.1. The Bertz CT molecular complexity index is 3460. The molecule has 64 heavy (non-hydrogen) atoms. The number of benzene rings is 8. The van der Waals surface area contributed by atoms with Crippen molar-refractivity contribution < 1.29 is 0 Å². The highest BCUT2D eigenvalue weighted by atomic mass is 32.1. The Morgan fingerprint density at radius 1 is 0.500 bits per heavy atom. The van der Waals surface area contributed by atoms with E-state index in [1.807, 2.05) is 11.3 Å². The first-order valence-electron chi connectivity index (χ1n) is 23.0. The second-order valence-electron chi connectivity index (χ2n) is 19.9. The van der Waals surface area contributed by atoms with Gasteiger partial charge in [-0.25, -0.2) is 0 Å². The molecule has 1 aromatic heterocycles. The van der Waals surface area contributed by atoms with Crippen LogP contribution in [0.15, 0.2) is 188 Å². The second kappa shape index (κ2) is 13.4.